The number of carbonyl (C=O) groups excluding carboxylic acids is 1. The summed E-state index contributed by atoms with van der Waals surface area (Å²) in [5.74, 6) is 0.175. The molecular formula is C22H23N5O3S. The SMILES string of the molecule is O=C(Nc1ccc(S(=O)(=O)NC2=NCCCCC2)cc1)c1cnn(-c2ccccc2)c1. The van der Waals surface area contributed by atoms with E-state index in [1.165, 1.54) is 18.3 Å². The van der Waals surface area contributed by atoms with Crippen molar-refractivity contribution in [1.29, 1.82) is 0 Å². The molecule has 0 aliphatic carbocycles. The molecule has 8 nitrogen and oxygen atoms in total. The highest BCUT2D eigenvalue weighted by molar-refractivity contribution is 7.90. The second-order valence-corrected chi connectivity index (χ2v) is 8.91. The van der Waals surface area contributed by atoms with Gasteiger partial charge in [0.25, 0.3) is 15.9 Å². The topological polar surface area (TPSA) is 105 Å². The fourth-order valence-electron chi connectivity index (χ4n) is 3.25. The smallest absolute Gasteiger partial charge is 0.262 e. The number of aliphatic imine (C=N–C) groups is 1. The lowest BCUT2D eigenvalue weighted by molar-refractivity contribution is 0.102. The lowest BCUT2D eigenvalue weighted by Crippen LogP contribution is -2.30. The molecule has 1 amide bonds. The van der Waals surface area contributed by atoms with Crippen LogP contribution in [-0.4, -0.2) is 36.5 Å². The molecule has 1 aromatic heterocycles. The van der Waals surface area contributed by atoms with Crippen molar-refractivity contribution >= 4 is 27.5 Å². The van der Waals surface area contributed by atoms with Crippen molar-refractivity contribution in [1.82, 2.24) is 14.5 Å². The highest BCUT2D eigenvalue weighted by atomic mass is 32.2. The number of nitrogens with zero attached hydrogens (tertiary/aromatic N) is 3. The van der Waals surface area contributed by atoms with Crippen molar-refractivity contribution in [2.45, 2.75) is 30.6 Å². The second-order valence-electron chi connectivity index (χ2n) is 7.23. The maximum atomic E-state index is 12.6. The van der Waals surface area contributed by atoms with E-state index in [2.05, 4.69) is 20.1 Å². The molecule has 31 heavy (non-hydrogen) atoms. The van der Waals surface area contributed by atoms with E-state index in [4.69, 9.17) is 0 Å². The molecular weight excluding hydrogens is 414 g/mol. The summed E-state index contributed by atoms with van der Waals surface area (Å²) in [7, 11) is -3.71. The van der Waals surface area contributed by atoms with E-state index in [0.717, 1.165) is 24.9 Å². The summed E-state index contributed by atoms with van der Waals surface area (Å²) in [6.45, 7) is 0.643. The lowest BCUT2D eigenvalue weighted by Gasteiger charge is -2.10. The summed E-state index contributed by atoms with van der Waals surface area (Å²) in [4.78, 5) is 17.0. The summed E-state index contributed by atoms with van der Waals surface area (Å²) in [6.07, 6.45) is 6.70. The number of anilines is 1. The Bertz CT molecular complexity index is 1190. The fourth-order valence-corrected chi connectivity index (χ4v) is 4.34. The van der Waals surface area contributed by atoms with E-state index in [1.54, 1.807) is 23.0 Å². The van der Waals surface area contributed by atoms with Gasteiger partial charge in [-0.2, -0.15) is 5.10 Å². The third kappa shape index (κ3) is 5.18. The highest BCUT2D eigenvalue weighted by Gasteiger charge is 2.17. The number of hydrogen-bond donors (Lipinski definition) is 2. The van der Waals surface area contributed by atoms with Crippen LogP contribution in [0.5, 0.6) is 0 Å². The molecule has 0 radical (unpaired) electrons. The Kier molecular flexibility index (Phi) is 6.13. The van der Waals surface area contributed by atoms with Gasteiger partial charge >= 0.3 is 0 Å². The van der Waals surface area contributed by atoms with E-state index in [9.17, 15) is 13.2 Å². The maximum Gasteiger partial charge on any atom is 0.262 e. The van der Waals surface area contributed by atoms with Crippen LogP contribution in [0, 0.1) is 0 Å². The second kappa shape index (κ2) is 9.13. The monoisotopic (exact) mass is 437 g/mol. The van der Waals surface area contributed by atoms with Crippen LogP contribution in [0.3, 0.4) is 0 Å². The number of carbonyl (C=O) groups is 1. The largest absolute Gasteiger partial charge is 0.322 e. The number of rotatable bonds is 5. The molecule has 0 saturated heterocycles. The average Bonchev–Trinajstić information content (AvgIpc) is 3.14. The summed E-state index contributed by atoms with van der Waals surface area (Å²) in [5.41, 5.74) is 1.73. The van der Waals surface area contributed by atoms with Gasteiger partial charge in [-0.1, -0.05) is 24.6 Å². The molecule has 0 saturated carbocycles. The minimum atomic E-state index is -3.71. The van der Waals surface area contributed by atoms with Gasteiger partial charge in [0.2, 0.25) is 0 Å². The van der Waals surface area contributed by atoms with Crippen molar-refractivity contribution in [2.75, 3.05) is 11.9 Å². The standard InChI is InChI=1S/C22H23N5O3S/c28-22(17-15-24-27(16-17)19-7-3-1-4-8-19)25-18-10-12-20(13-11-18)31(29,30)26-21-9-5-2-6-14-23-21/h1,3-4,7-8,10-13,15-16H,2,5-6,9,14H2,(H,23,26)(H,25,28). The molecule has 0 bridgehead atoms. The number of aromatic nitrogens is 2. The van der Waals surface area contributed by atoms with Gasteiger partial charge in [0.1, 0.15) is 5.84 Å². The third-order valence-electron chi connectivity index (χ3n) is 4.91. The van der Waals surface area contributed by atoms with Crippen LogP contribution in [0.4, 0.5) is 5.69 Å². The van der Waals surface area contributed by atoms with Gasteiger partial charge in [0.05, 0.1) is 22.3 Å². The Balaban J connectivity index is 1.42. The van der Waals surface area contributed by atoms with Gasteiger partial charge < -0.3 is 5.32 Å². The molecule has 1 aliphatic rings. The van der Waals surface area contributed by atoms with Crippen LogP contribution in [0.15, 0.2) is 76.9 Å². The van der Waals surface area contributed by atoms with Gasteiger partial charge in [-0.25, -0.2) is 13.1 Å². The number of nitrogens with one attached hydrogen (secondary N) is 2. The van der Waals surface area contributed by atoms with Crippen LogP contribution in [-0.2, 0) is 10.0 Å². The van der Waals surface area contributed by atoms with Gasteiger partial charge in [0, 0.05) is 24.8 Å². The molecule has 3 aromatic rings. The number of para-hydroxylation sites is 1. The molecule has 160 valence electrons. The van der Waals surface area contributed by atoms with Crippen molar-refractivity contribution in [3.05, 3.63) is 72.6 Å². The zero-order valence-electron chi connectivity index (χ0n) is 16.9. The quantitative estimate of drug-likeness (QED) is 0.638. The van der Waals surface area contributed by atoms with E-state index in [0.29, 0.717) is 30.1 Å². The Hall–Kier alpha value is -3.46. The third-order valence-corrected chi connectivity index (χ3v) is 6.31. The first-order valence-electron chi connectivity index (χ1n) is 10.1. The van der Waals surface area contributed by atoms with Gasteiger partial charge in [0.15, 0.2) is 0 Å². The number of amides is 1. The summed E-state index contributed by atoms with van der Waals surface area (Å²) >= 11 is 0. The molecule has 1 aliphatic heterocycles. The van der Waals surface area contributed by atoms with Gasteiger partial charge in [-0.05, 0) is 49.2 Å². The summed E-state index contributed by atoms with van der Waals surface area (Å²) in [5, 5.41) is 6.97. The van der Waals surface area contributed by atoms with Crippen molar-refractivity contribution < 1.29 is 13.2 Å². The number of amidine groups is 1. The first kappa shape index (κ1) is 20.8. The fraction of sp³-hybridized carbons (Fsp3) is 0.227. The van der Waals surface area contributed by atoms with Crippen LogP contribution in [0.25, 0.3) is 5.69 Å². The maximum absolute atomic E-state index is 12.6. The molecule has 0 atom stereocenters. The predicted octanol–water partition coefficient (Wildman–Crippen LogP) is 3.38. The number of sulfonamides is 1. The molecule has 0 spiro atoms. The van der Waals surface area contributed by atoms with Crippen LogP contribution in [0.1, 0.15) is 36.0 Å². The van der Waals surface area contributed by atoms with E-state index < -0.39 is 10.0 Å². The molecule has 2 aromatic carbocycles. The van der Waals surface area contributed by atoms with Crippen molar-refractivity contribution in [3.8, 4) is 5.69 Å². The Morgan fingerprint density at radius 2 is 1.74 bits per heavy atom. The van der Waals surface area contributed by atoms with Crippen LogP contribution in [0.2, 0.25) is 0 Å². The molecule has 2 heterocycles. The van der Waals surface area contributed by atoms with Gasteiger partial charge in [-0.3, -0.25) is 14.5 Å². The van der Waals surface area contributed by atoms with E-state index in [-0.39, 0.29) is 10.8 Å². The minimum Gasteiger partial charge on any atom is -0.322 e. The van der Waals surface area contributed by atoms with E-state index >= 15 is 0 Å². The van der Waals surface area contributed by atoms with Crippen molar-refractivity contribution in [3.63, 3.8) is 0 Å². The van der Waals surface area contributed by atoms with Crippen molar-refractivity contribution in [2.24, 2.45) is 4.99 Å². The average molecular weight is 438 g/mol. The normalized spacial score (nSPS) is 14.4. The zero-order valence-corrected chi connectivity index (χ0v) is 17.7. The first-order chi connectivity index (χ1) is 15.0. The molecule has 2 N–H and O–H groups in total. The lowest BCUT2D eigenvalue weighted by atomic mass is 10.2. The zero-order chi connectivity index (χ0) is 21.7. The number of benzene rings is 2. The van der Waals surface area contributed by atoms with Crippen LogP contribution < -0.4 is 10.0 Å². The molecule has 0 unspecified atom stereocenters. The van der Waals surface area contributed by atoms with Gasteiger partial charge in [-0.15, -0.1) is 0 Å². The summed E-state index contributed by atoms with van der Waals surface area (Å²) < 4.78 is 29.4. The Morgan fingerprint density at radius 1 is 0.968 bits per heavy atom. The Labute approximate surface area is 181 Å². The first-order valence-corrected chi connectivity index (χ1v) is 11.6. The minimum absolute atomic E-state index is 0.120. The summed E-state index contributed by atoms with van der Waals surface area (Å²) in [6, 6.07) is 15.5. The highest BCUT2D eigenvalue weighted by Crippen LogP contribution is 2.17. The van der Waals surface area contributed by atoms with E-state index in [1.807, 2.05) is 30.3 Å². The molecule has 0 fully saturated rings. The van der Waals surface area contributed by atoms with Crippen LogP contribution >= 0.6 is 0 Å². The molecule has 4 rings (SSSR count). The predicted molar refractivity (Wildman–Crippen MR) is 119 cm³/mol. The number of hydrogen-bond acceptors (Lipinski definition) is 5. The Morgan fingerprint density at radius 3 is 2.52 bits per heavy atom. The molecule has 9 heteroatoms.